The van der Waals surface area contributed by atoms with Crippen LogP contribution in [0.25, 0.3) is 0 Å². The van der Waals surface area contributed by atoms with E-state index < -0.39 is 11.7 Å². The SMILES string of the molecule is Cc1ccc2c(c1)N(C)C(=O)c1cc(NC(=O)c3ccc(F)cc3)ccc1O2. The van der Waals surface area contributed by atoms with Gasteiger partial charge in [0.05, 0.1) is 11.3 Å². The predicted molar refractivity (Wildman–Crippen MR) is 105 cm³/mol. The van der Waals surface area contributed by atoms with Gasteiger partial charge in [-0.2, -0.15) is 0 Å². The molecule has 28 heavy (non-hydrogen) atoms. The van der Waals surface area contributed by atoms with Gasteiger partial charge < -0.3 is 15.0 Å². The number of nitrogens with one attached hydrogen (secondary N) is 1. The Morgan fingerprint density at radius 2 is 1.71 bits per heavy atom. The lowest BCUT2D eigenvalue weighted by atomic mass is 10.1. The number of rotatable bonds is 2. The molecule has 0 saturated carbocycles. The molecule has 0 aromatic heterocycles. The second-order valence-electron chi connectivity index (χ2n) is 6.61. The molecule has 2 amide bonds. The molecule has 0 unspecified atom stereocenters. The molecule has 6 heteroatoms. The molecule has 1 aliphatic heterocycles. The molecule has 140 valence electrons. The molecule has 3 aromatic rings. The highest BCUT2D eigenvalue weighted by Gasteiger charge is 2.26. The molecule has 3 aromatic carbocycles. The Kier molecular flexibility index (Phi) is 4.31. The first kappa shape index (κ1) is 17.7. The van der Waals surface area contributed by atoms with Crippen LogP contribution in [0.3, 0.4) is 0 Å². The van der Waals surface area contributed by atoms with Crippen LogP contribution in [0.2, 0.25) is 0 Å². The fourth-order valence-electron chi connectivity index (χ4n) is 3.05. The molecule has 0 spiro atoms. The van der Waals surface area contributed by atoms with E-state index in [1.165, 1.54) is 29.2 Å². The molecule has 0 fully saturated rings. The molecule has 0 saturated heterocycles. The van der Waals surface area contributed by atoms with Crippen molar-refractivity contribution in [1.82, 2.24) is 0 Å². The lowest BCUT2D eigenvalue weighted by molar-refractivity contribution is 0.0990. The summed E-state index contributed by atoms with van der Waals surface area (Å²) in [4.78, 5) is 26.8. The highest BCUT2D eigenvalue weighted by molar-refractivity contribution is 6.11. The molecule has 1 heterocycles. The predicted octanol–water partition coefficient (Wildman–Crippen LogP) is 4.77. The normalized spacial score (nSPS) is 12.5. The zero-order valence-electron chi connectivity index (χ0n) is 15.3. The van der Waals surface area contributed by atoms with Crippen molar-refractivity contribution in [2.75, 3.05) is 17.3 Å². The van der Waals surface area contributed by atoms with Crippen molar-refractivity contribution in [2.24, 2.45) is 0 Å². The fraction of sp³-hybridized carbons (Fsp3) is 0.0909. The van der Waals surface area contributed by atoms with Crippen LogP contribution in [0.4, 0.5) is 15.8 Å². The highest BCUT2D eigenvalue weighted by atomic mass is 19.1. The standard InChI is InChI=1S/C22H17FN2O3/c1-13-3-9-20-18(11-13)25(2)22(27)17-12-16(8-10-19(17)28-20)24-21(26)14-4-6-15(23)7-5-14/h3-12H,1-2H3,(H,24,26). The summed E-state index contributed by atoms with van der Waals surface area (Å²) in [6.07, 6.45) is 0. The first-order chi connectivity index (χ1) is 13.4. The average Bonchev–Trinajstić information content (AvgIpc) is 2.78. The minimum atomic E-state index is -0.415. The molecule has 0 atom stereocenters. The van der Waals surface area contributed by atoms with Crippen molar-refractivity contribution in [1.29, 1.82) is 0 Å². The maximum atomic E-state index is 13.0. The lowest BCUT2D eigenvalue weighted by Crippen LogP contribution is -2.25. The van der Waals surface area contributed by atoms with E-state index in [0.717, 1.165) is 5.56 Å². The smallest absolute Gasteiger partial charge is 0.261 e. The van der Waals surface area contributed by atoms with Crippen molar-refractivity contribution in [2.45, 2.75) is 6.92 Å². The van der Waals surface area contributed by atoms with Gasteiger partial charge in [0, 0.05) is 18.3 Å². The van der Waals surface area contributed by atoms with Crippen molar-refractivity contribution >= 4 is 23.2 Å². The van der Waals surface area contributed by atoms with Gasteiger partial charge in [-0.1, -0.05) is 6.07 Å². The third-order valence-corrected chi connectivity index (χ3v) is 4.57. The summed E-state index contributed by atoms with van der Waals surface area (Å²) in [5, 5.41) is 2.73. The topological polar surface area (TPSA) is 58.6 Å². The zero-order chi connectivity index (χ0) is 19.8. The maximum Gasteiger partial charge on any atom is 0.261 e. The number of fused-ring (bicyclic) bond motifs is 2. The Bertz CT molecular complexity index is 1090. The van der Waals surface area contributed by atoms with E-state index in [-0.39, 0.29) is 5.91 Å². The summed E-state index contributed by atoms with van der Waals surface area (Å²) in [6, 6.07) is 15.8. The molecular formula is C22H17FN2O3. The minimum Gasteiger partial charge on any atom is -0.454 e. The molecule has 1 aliphatic rings. The number of carbonyl (C=O) groups excluding carboxylic acids is 2. The van der Waals surface area contributed by atoms with E-state index in [2.05, 4.69) is 5.32 Å². The van der Waals surface area contributed by atoms with Gasteiger partial charge in [0.2, 0.25) is 0 Å². The Balaban J connectivity index is 1.65. The van der Waals surface area contributed by atoms with Crippen LogP contribution in [0.15, 0.2) is 60.7 Å². The molecule has 0 radical (unpaired) electrons. The number of amides is 2. The summed E-state index contributed by atoms with van der Waals surface area (Å²) < 4.78 is 19.0. The summed E-state index contributed by atoms with van der Waals surface area (Å²) >= 11 is 0. The number of carbonyl (C=O) groups is 2. The van der Waals surface area contributed by atoms with Gasteiger partial charge in [0.1, 0.15) is 11.6 Å². The Hall–Kier alpha value is -3.67. The number of hydrogen-bond acceptors (Lipinski definition) is 3. The molecule has 5 nitrogen and oxygen atoms in total. The second kappa shape index (κ2) is 6.81. The quantitative estimate of drug-likeness (QED) is 0.701. The molecular weight excluding hydrogens is 359 g/mol. The van der Waals surface area contributed by atoms with Crippen LogP contribution in [0.1, 0.15) is 26.3 Å². The molecule has 0 bridgehead atoms. The van der Waals surface area contributed by atoms with Gasteiger partial charge >= 0.3 is 0 Å². The summed E-state index contributed by atoms with van der Waals surface area (Å²) in [6.45, 7) is 1.94. The van der Waals surface area contributed by atoms with Gasteiger partial charge in [0.25, 0.3) is 11.8 Å². The van der Waals surface area contributed by atoms with E-state index in [4.69, 9.17) is 4.74 Å². The van der Waals surface area contributed by atoms with Crippen LogP contribution in [-0.4, -0.2) is 18.9 Å². The first-order valence-corrected chi connectivity index (χ1v) is 8.70. The largest absolute Gasteiger partial charge is 0.454 e. The summed E-state index contributed by atoms with van der Waals surface area (Å²) in [5.41, 5.74) is 2.80. The van der Waals surface area contributed by atoms with Crippen LogP contribution >= 0.6 is 0 Å². The summed E-state index contributed by atoms with van der Waals surface area (Å²) in [7, 11) is 1.68. The number of aryl methyl sites for hydroxylation is 1. The van der Waals surface area contributed by atoms with Crippen LogP contribution < -0.4 is 15.0 Å². The monoisotopic (exact) mass is 376 g/mol. The van der Waals surface area contributed by atoms with E-state index >= 15 is 0 Å². The van der Waals surface area contributed by atoms with E-state index in [1.54, 1.807) is 25.2 Å². The fourth-order valence-corrected chi connectivity index (χ4v) is 3.05. The maximum absolute atomic E-state index is 13.0. The summed E-state index contributed by atoms with van der Waals surface area (Å²) in [5.74, 6) is -0.0452. The van der Waals surface area contributed by atoms with Crippen LogP contribution in [0.5, 0.6) is 11.5 Å². The average molecular weight is 376 g/mol. The lowest BCUT2D eigenvalue weighted by Gasteiger charge is -2.16. The number of hydrogen-bond donors (Lipinski definition) is 1. The highest BCUT2D eigenvalue weighted by Crippen LogP contribution is 2.39. The van der Waals surface area contributed by atoms with Gasteiger partial charge in [-0.25, -0.2) is 4.39 Å². The Morgan fingerprint density at radius 1 is 1.00 bits per heavy atom. The third-order valence-electron chi connectivity index (χ3n) is 4.57. The van der Waals surface area contributed by atoms with Crippen molar-refractivity contribution in [3.05, 3.63) is 83.2 Å². The third kappa shape index (κ3) is 3.20. The molecule has 4 rings (SSSR count). The van der Waals surface area contributed by atoms with E-state index in [0.29, 0.717) is 34.0 Å². The molecule has 0 aliphatic carbocycles. The van der Waals surface area contributed by atoms with E-state index in [9.17, 15) is 14.0 Å². The first-order valence-electron chi connectivity index (χ1n) is 8.70. The number of benzene rings is 3. The van der Waals surface area contributed by atoms with Gasteiger partial charge in [0.15, 0.2) is 5.75 Å². The van der Waals surface area contributed by atoms with Crippen molar-refractivity contribution < 1.29 is 18.7 Å². The number of ether oxygens (including phenoxy) is 1. The Morgan fingerprint density at radius 3 is 2.46 bits per heavy atom. The number of halogens is 1. The second-order valence-corrected chi connectivity index (χ2v) is 6.61. The minimum absolute atomic E-state index is 0.239. The molecule has 1 N–H and O–H groups in total. The van der Waals surface area contributed by atoms with Crippen molar-refractivity contribution in [3.63, 3.8) is 0 Å². The number of nitrogens with zero attached hydrogens (tertiary/aromatic N) is 1. The number of anilines is 2. The van der Waals surface area contributed by atoms with Crippen LogP contribution in [0, 0.1) is 12.7 Å². The van der Waals surface area contributed by atoms with Gasteiger partial charge in [-0.3, -0.25) is 9.59 Å². The van der Waals surface area contributed by atoms with E-state index in [1.807, 2.05) is 25.1 Å². The Labute approximate surface area is 161 Å². The van der Waals surface area contributed by atoms with Crippen molar-refractivity contribution in [3.8, 4) is 11.5 Å². The van der Waals surface area contributed by atoms with Gasteiger partial charge in [-0.05, 0) is 67.1 Å². The van der Waals surface area contributed by atoms with Gasteiger partial charge in [-0.15, -0.1) is 0 Å². The zero-order valence-corrected chi connectivity index (χ0v) is 15.3. The van der Waals surface area contributed by atoms with Crippen LogP contribution in [-0.2, 0) is 0 Å².